The average molecular weight is 390 g/mol. The Morgan fingerprint density at radius 3 is 2.70 bits per heavy atom. The summed E-state index contributed by atoms with van der Waals surface area (Å²) < 4.78 is 20.5. The molecular formula is C18H17ClFN5O2. The van der Waals surface area contributed by atoms with E-state index < -0.39 is 11.4 Å². The number of carbonyl (C=O) groups excluding carboxylic acids is 1. The normalized spacial score (nSPS) is 11.3. The van der Waals surface area contributed by atoms with Gasteiger partial charge in [0.15, 0.2) is 11.4 Å². The summed E-state index contributed by atoms with van der Waals surface area (Å²) in [7, 11) is 0. The number of nitrogens with one attached hydrogen (secondary N) is 1. The summed E-state index contributed by atoms with van der Waals surface area (Å²) in [5, 5.41) is 14.6. The maximum atomic E-state index is 13.4. The molecule has 3 rings (SSSR count). The van der Waals surface area contributed by atoms with Crippen molar-refractivity contribution in [3.8, 4) is 11.4 Å². The fourth-order valence-electron chi connectivity index (χ4n) is 2.34. The van der Waals surface area contributed by atoms with Crippen molar-refractivity contribution in [1.29, 1.82) is 0 Å². The second-order valence-electron chi connectivity index (χ2n) is 6.24. The summed E-state index contributed by atoms with van der Waals surface area (Å²) in [5.41, 5.74) is -0.675. The Labute approximate surface area is 160 Å². The first-order chi connectivity index (χ1) is 12.8. The number of ether oxygens (including phenoxy) is 1. The van der Waals surface area contributed by atoms with Crippen molar-refractivity contribution in [2.75, 3.05) is 0 Å². The number of hydrogen-bond donors (Lipinski definition) is 1. The van der Waals surface area contributed by atoms with E-state index in [1.165, 1.54) is 16.8 Å². The molecule has 2 aromatic carbocycles. The van der Waals surface area contributed by atoms with Crippen molar-refractivity contribution in [3.05, 3.63) is 65.2 Å². The van der Waals surface area contributed by atoms with Crippen LogP contribution in [0.4, 0.5) is 4.39 Å². The standard InChI is InChI=1S/C18H17ClFN5O2/c1-18(2,27-15-8-6-12(19)7-9-15)17(26)21-11-16-22-23-24-25(16)14-5-3-4-13(20)10-14/h3-10H,11H2,1-2H3,(H,21,26). The van der Waals surface area contributed by atoms with Crippen molar-refractivity contribution < 1.29 is 13.9 Å². The highest BCUT2D eigenvalue weighted by molar-refractivity contribution is 6.30. The van der Waals surface area contributed by atoms with Gasteiger partial charge in [0.2, 0.25) is 0 Å². The van der Waals surface area contributed by atoms with E-state index in [1.807, 2.05) is 0 Å². The molecule has 1 heterocycles. The van der Waals surface area contributed by atoms with Crippen LogP contribution in [0, 0.1) is 5.82 Å². The summed E-state index contributed by atoms with van der Waals surface area (Å²) in [5.74, 6) is 0.113. The monoisotopic (exact) mass is 389 g/mol. The van der Waals surface area contributed by atoms with Gasteiger partial charge in [-0.2, -0.15) is 4.68 Å². The Morgan fingerprint density at radius 2 is 2.00 bits per heavy atom. The van der Waals surface area contributed by atoms with Crippen molar-refractivity contribution in [2.45, 2.75) is 26.0 Å². The van der Waals surface area contributed by atoms with Gasteiger partial charge in [-0.25, -0.2) is 4.39 Å². The van der Waals surface area contributed by atoms with Gasteiger partial charge in [0.1, 0.15) is 11.6 Å². The van der Waals surface area contributed by atoms with Gasteiger partial charge in [-0.3, -0.25) is 4.79 Å². The minimum Gasteiger partial charge on any atom is -0.478 e. The Balaban J connectivity index is 1.67. The van der Waals surface area contributed by atoms with Crippen LogP contribution in [0.15, 0.2) is 48.5 Å². The zero-order valence-corrected chi connectivity index (χ0v) is 15.4. The molecule has 1 aromatic heterocycles. The van der Waals surface area contributed by atoms with Gasteiger partial charge >= 0.3 is 0 Å². The van der Waals surface area contributed by atoms with E-state index in [9.17, 15) is 9.18 Å². The predicted molar refractivity (Wildman–Crippen MR) is 97.1 cm³/mol. The largest absolute Gasteiger partial charge is 0.478 e. The molecule has 0 saturated carbocycles. The molecule has 0 saturated heterocycles. The van der Waals surface area contributed by atoms with Gasteiger partial charge < -0.3 is 10.1 Å². The van der Waals surface area contributed by atoms with Gasteiger partial charge in [-0.15, -0.1) is 5.10 Å². The van der Waals surface area contributed by atoms with Crippen molar-refractivity contribution >= 4 is 17.5 Å². The first kappa shape index (κ1) is 18.8. The molecule has 3 aromatic rings. The van der Waals surface area contributed by atoms with Crippen LogP contribution in [0.1, 0.15) is 19.7 Å². The molecule has 9 heteroatoms. The number of rotatable bonds is 6. The molecular weight excluding hydrogens is 373 g/mol. The van der Waals surface area contributed by atoms with Crippen molar-refractivity contribution in [3.63, 3.8) is 0 Å². The number of halogens is 2. The molecule has 7 nitrogen and oxygen atoms in total. The van der Waals surface area contributed by atoms with E-state index in [1.54, 1.807) is 50.2 Å². The lowest BCUT2D eigenvalue weighted by Crippen LogP contribution is -2.46. The Bertz CT molecular complexity index is 943. The van der Waals surface area contributed by atoms with Crippen molar-refractivity contribution in [1.82, 2.24) is 25.5 Å². The summed E-state index contributed by atoms with van der Waals surface area (Å²) in [4.78, 5) is 12.5. The number of carbonyl (C=O) groups is 1. The van der Waals surface area contributed by atoms with Crippen LogP contribution in [-0.2, 0) is 11.3 Å². The quantitative estimate of drug-likeness (QED) is 0.701. The predicted octanol–water partition coefficient (Wildman–Crippen LogP) is 2.93. The number of amides is 1. The molecule has 1 N–H and O–H groups in total. The molecule has 27 heavy (non-hydrogen) atoms. The lowest BCUT2D eigenvalue weighted by Gasteiger charge is -2.25. The van der Waals surface area contributed by atoms with Gasteiger partial charge in [-0.05, 0) is 66.7 Å². The third-order valence-electron chi connectivity index (χ3n) is 3.73. The lowest BCUT2D eigenvalue weighted by atomic mass is 10.1. The first-order valence-corrected chi connectivity index (χ1v) is 8.49. The Kier molecular flexibility index (Phi) is 5.36. The zero-order chi connectivity index (χ0) is 19.4. The smallest absolute Gasteiger partial charge is 0.263 e. The fourth-order valence-corrected chi connectivity index (χ4v) is 2.47. The molecule has 0 fully saturated rings. The van der Waals surface area contributed by atoms with E-state index in [0.717, 1.165) is 0 Å². The SMILES string of the molecule is CC(C)(Oc1ccc(Cl)cc1)C(=O)NCc1nnnn1-c1cccc(F)c1. The third kappa shape index (κ3) is 4.59. The van der Waals surface area contributed by atoms with Crippen LogP contribution in [0.25, 0.3) is 5.69 Å². The van der Waals surface area contributed by atoms with E-state index in [-0.39, 0.29) is 12.5 Å². The number of hydrogen-bond acceptors (Lipinski definition) is 5. The van der Waals surface area contributed by atoms with E-state index in [0.29, 0.717) is 22.3 Å². The van der Waals surface area contributed by atoms with Gasteiger partial charge in [-0.1, -0.05) is 17.7 Å². The number of benzene rings is 2. The number of aromatic nitrogens is 4. The second-order valence-corrected chi connectivity index (χ2v) is 6.67. The molecule has 0 radical (unpaired) electrons. The van der Waals surface area contributed by atoms with Crippen LogP contribution in [0.3, 0.4) is 0 Å². The maximum absolute atomic E-state index is 13.4. The van der Waals surface area contributed by atoms with Gasteiger partial charge in [0.25, 0.3) is 5.91 Å². The Morgan fingerprint density at radius 1 is 1.26 bits per heavy atom. The molecule has 0 bridgehead atoms. The lowest BCUT2D eigenvalue weighted by molar-refractivity contribution is -0.134. The second kappa shape index (κ2) is 7.71. The molecule has 0 unspecified atom stereocenters. The molecule has 0 spiro atoms. The zero-order valence-electron chi connectivity index (χ0n) is 14.7. The highest BCUT2D eigenvalue weighted by atomic mass is 35.5. The van der Waals surface area contributed by atoms with Crippen LogP contribution in [0.5, 0.6) is 5.75 Å². The molecule has 0 atom stereocenters. The van der Waals surface area contributed by atoms with E-state index in [2.05, 4.69) is 20.8 Å². The summed E-state index contributed by atoms with van der Waals surface area (Å²) in [6.07, 6.45) is 0. The molecule has 0 aliphatic heterocycles. The van der Waals surface area contributed by atoms with E-state index in [4.69, 9.17) is 16.3 Å². The van der Waals surface area contributed by atoms with Gasteiger partial charge in [0, 0.05) is 5.02 Å². The van der Waals surface area contributed by atoms with E-state index >= 15 is 0 Å². The van der Waals surface area contributed by atoms with Crippen molar-refractivity contribution in [2.24, 2.45) is 0 Å². The third-order valence-corrected chi connectivity index (χ3v) is 3.98. The van der Waals surface area contributed by atoms with Crippen LogP contribution in [0.2, 0.25) is 5.02 Å². The topological polar surface area (TPSA) is 81.9 Å². The average Bonchev–Trinajstić information content (AvgIpc) is 3.10. The van der Waals surface area contributed by atoms with Crippen LogP contribution < -0.4 is 10.1 Å². The molecule has 140 valence electrons. The minimum absolute atomic E-state index is 0.0513. The maximum Gasteiger partial charge on any atom is 0.263 e. The molecule has 0 aliphatic carbocycles. The summed E-state index contributed by atoms with van der Waals surface area (Å²) >= 11 is 5.85. The molecule has 1 amide bonds. The minimum atomic E-state index is -1.13. The summed E-state index contributed by atoms with van der Waals surface area (Å²) in [6.45, 7) is 3.34. The summed E-state index contributed by atoms with van der Waals surface area (Å²) in [6, 6.07) is 12.6. The Hall–Kier alpha value is -3.00. The fraction of sp³-hybridized carbons (Fsp3) is 0.222. The van der Waals surface area contributed by atoms with Crippen LogP contribution >= 0.6 is 11.6 Å². The first-order valence-electron chi connectivity index (χ1n) is 8.11. The van der Waals surface area contributed by atoms with Crippen LogP contribution in [-0.4, -0.2) is 31.7 Å². The molecule has 0 aliphatic rings. The highest BCUT2D eigenvalue weighted by Crippen LogP contribution is 2.21. The number of nitrogens with zero attached hydrogens (tertiary/aromatic N) is 4. The van der Waals surface area contributed by atoms with Gasteiger partial charge in [0.05, 0.1) is 12.2 Å². The number of tetrazole rings is 1. The highest BCUT2D eigenvalue weighted by Gasteiger charge is 2.30.